The summed E-state index contributed by atoms with van der Waals surface area (Å²) >= 11 is 0. The van der Waals surface area contributed by atoms with Gasteiger partial charge in [0.1, 0.15) is 0 Å². The number of hydrogen-bond donors (Lipinski definition) is 1. The summed E-state index contributed by atoms with van der Waals surface area (Å²) in [4.78, 5) is 14.4. The van der Waals surface area contributed by atoms with Crippen LogP contribution in [0.15, 0.2) is 35.3 Å². The Bertz CT molecular complexity index is 574. The molecule has 1 aromatic carbocycles. The molecule has 0 unspecified atom stereocenters. The lowest BCUT2D eigenvalue weighted by Gasteiger charge is -2.37. The molecule has 0 aromatic heterocycles. The lowest BCUT2D eigenvalue weighted by Crippen LogP contribution is -2.52. The molecule has 0 atom stereocenters. The van der Waals surface area contributed by atoms with E-state index in [2.05, 4.69) is 67.3 Å². The van der Waals surface area contributed by atoms with Crippen molar-refractivity contribution in [1.82, 2.24) is 20.0 Å². The summed E-state index contributed by atoms with van der Waals surface area (Å²) in [5.41, 5.74) is 1.32. The highest BCUT2D eigenvalue weighted by Crippen LogP contribution is 2.15. The maximum Gasteiger partial charge on any atom is 0.193 e. The maximum atomic E-state index is 4.51. The van der Waals surface area contributed by atoms with Crippen molar-refractivity contribution in [3.63, 3.8) is 0 Å². The van der Waals surface area contributed by atoms with Crippen LogP contribution in [0.2, 0.25) is 0 Å². The smallest absolute Gasteiger partial charge is 0.193 e. The molecule has 1 N–H and O–H groups in total. The Labute approximate surface area is 188 Å². The molecule has 2 aliphatic heterocycles. The maximum absolute atomic E-state index is 4.51. The molecule has 2 fully saturated rings. The third-order valence-corrected chi connectivity index (χ3v) is 5.66. The van der Waals surface area contributed by atoms with E-state index in [9.17, 15) is 0 Å². The van der Waals surface area contributed by atoms with Crippen LogP contribution in [0, 0.1) is 0 Å². The molecule has 2 heterocycles. The molecule has 3 rings (SSSR count). The Kier molecular flexibility index (Phi) is 10.4. The number of likely N-dealkylation sites (N-methyl/N-ethyl adjacent to an activating group) is 1. The van der Waals surface area contributed by atoms with Gasteiger partial charge < -0.3 is 24.9 Å². The molecule has 0 amide bonds. The van der Waals surface area contributed by atoms with Gasteiger partial charge >= 0.3 is 0 Å². The van der Waals surface area contributed by atoms with E-state index < -0.39 is 0 Å². The van der Waals surface area contributed by atoms with Crippen LogP contribution in [0.25, 0.3) is 0 Å². The van der Waals surface area contributed by atoms with Crippen LogP contribution in [0.5, 0.6) is 0 Å². The number of rotatable bonds is 5. The van der Waals surface area contributed by atoms with Crippen LogP contribution in [0.1, 0.15) is 12.8 Å². The van der Waals surface area contributed by atoms with Crippen molar-refractivity contribution in [1.29, 1.82) is 0 Å². The van der Waals surface area contributed by atoms with Crippen LogP contribution >= 0.6 is 24.0 Å². The van der Waals surface area contributed by atoms with E-state index in [0.717, 1.165) is 38.7 Å². The van der Waals surface area contributed by atoms with Gasteiger partial charge in [-0.25, -0.2) is 0 Å². The van der Waals surface area contributed by atoms with Gasteiger partial charge in [0.05, 0.1) is 0 Å². The first kappa shape index (κ1) is 23.2. The fraction of sp³-hybridized carbons (Fsp3) is 0.667. The molecule has 0 spiro atoms. The Morgan fingerprint density at radius 3 is 2.43 bits per heavy atom. The third-order valence-electron chi connectivity index (χ3n) is 5.66. The van der Waals surface area contributed by atoms with Gasteiger partial charge in [0.2, 0.25) is 0 Å². The number of nitrogens with zero attached hydrogens (tertiary/aromatic N) is 5. The summed E-state index contributed by atoms with van der Waals surface area (Å²) in [5, 5.41) is 3.58. The number of benzene rings is 1. The monoisotopic (exact) mass is 500 g/mol. The van der Waals surface area contributed by atoms with Crippen LogP contribution in [0.4, 0.5) is 5.69 Å². The molecule has 0 bridgehead atoms. The lowest BCUT2D eigenvalue weighted by atomic mass is 10.2. The van der Waals surface area contributed by atoms with Crippen molar-refractivity contribution in [3.8, 4) is 0 Å². The Morgan fingerprint density at radius 2 is 1.71 bits per heavy atom. The van der Waals surface area contributed by atoms with Crippen molar-refractivity contribution in [2.75, 3.05) is 84.4 Å². The summed E-state index contributed by atoms with van der Waals surface area (Å²) in [6, 6.07) is 10.7. The summed E-state index contributed by atoms with van der Waals surface area (Å²) in [6.45, 7) is 11.2. The molecule has 2 saturated heterocycles. The van der Waals surface area contributed by atoms with E-state index in [1.807, 2.05) is 7.05 Å². The van der Waals surface area contributed by atoms with Gasteiger partial charge in [0.15, 0.2) is 5.96 Å². The molecular weight excluding hydrogens is 463 g/mol. The summed E-state index contributed by atoms with van der Waals surface area (Å²) < 4.78 is 0. The largest absolute Gasteiger partial charge is 0.368 e. The van der Waals surface area contributed by atoms with Crippen molar-refractivity contribution in [2.45, 2.75) is 12.8 Å². The first-order valence-corrected chi connectivity index (χ1v) is 10.4. The average Bonchev–Trinajstić information content (AvgIpc) is 2.93. The molecule has 2 aliphatic rings. The average molecular weight is 500 g/mol. The van der Waals surface area contributed by atoms with Gasteiger partial charge in [-0.3, -0.25) is 4.99 Å². The zero-order valence-corrected chi connectivity index (χ0v) is 19.8. The minimum atomic E-state index is 0. The molecule has 0 radical (unpaired) electrons. The van der Waals surface area contributed by atoms with Gasteiger partial charge in [-0.1, -0.05) is 18.2 Å². The quantitative estimate of drug-likeness (QED) is 0.290. The molecule has 6 nitrogen and oxygen atoms in total. The fourth-order valence-corrected chi connectivity index (χ4v) is 3.97. The van der Waals surface area contributed by atoms with E-state index in [4.69, 9.17) is 0 Å². The van der Waals surface area contributed by atoms with E-state index in [1.165, 1.54) is 51.3 Å². The Balaban J connectivity index is 0.00000280. The van der Waals surface area contributed by atoms with Crippen molar-refractivity contribution < 1.29 is 0 Å². The van der Waals surface area contributed by atoms with Gasteiger partial charge in [-0.15, -0.1) is 24.0 Å². The minimum Gasteiger partial charge on any atom is -0.368 e. The molecule has 158 valence electrons. The molecule has 1 aromatic rings. The number of piperazine rings is 1. The zero-order chi connectivity index (χ0) is 18.9. The van der Waals surface area contributed by atoms with Crippen LogP contribution in [-0.4, -0.2) is 100 Å². The highest BCUT2D eigenvalue weighted by Gasteiger charge is 2.19. The number of halogens is 1. The van der Waals surface area contributed by atoms with Gasteiger partial charge in [0, 0.05) is 58.5 Å². The lowest BCUT2D eigenvalue weighted by molar-refractivity contribution is 0.273. The molecule has 7 heteroatoms. The van der Waals surface area contributed by atoms with Gasteiger partial charge in [-0.05, 0) is 51.7 Å². The molecular formula is C21H37IN6. The Morgan fingerprint density at radius 1 is 0.964 bits per heavy atom. The standard InChI is InChI=1S/C21H36N6.HI/c1-22-21(23-10-6-12-25-13-7-11-24(2)14-15-25)27-18-16-26(17-19-27)20-8-4-3-5-9-20;/h3-5,8-9H,6-7,10-19H2,1-2H3,(H,22,23);1H. The number of guanidine groups is 1. The number of para-hydroxylation sites is 1. The van der Waals surface area contributed by atoms with E-state index in [1.54, 1.807) is 0 Å². The normalized spacial score (nSPS) is 19.9. The first-order valence-electron chi connectivity index (χ1n) is 10.4. The fourth-order valence-electron chi connectivity index (χ4n) is 3.97. The molecule has 0 aliphatic carbocycles. The Hall–Kier alpha value is -1.06. The highest BCUT2D eigenvalue weighted by atomic mass is 127. The van der Waals surface area contributed by atoms with Crippen LogP contribution < -0.4 is 10.2 Å². The summed E-state index contributed by atoms with van der Waals surface area (Å²) in [5.74, 6) is 1.05. The first-order chi connectivity index (χ1) is 13.3. The second kappa shape index (κ2) is 12.5. The van der Waals surface area contributed by atoms with Crippen molar-refractivity contribution in [3.05, 3.63) is 30.3 Å². The van der Waals surface area contributed by atoms with E-state index >= 15 is 0 Å². The van der Waals surface area contributed by atoms with Crippen molar-refractivity contribution >= 4 is 35.6 Å². The van der Waals surface area contributed by atoms with E-state index in [0.29, 0.717) is 0 Å². The second-order valence-corrected chi connectivity index (χ2v) is 7.64. The van der Waals surface area contributed by atoms with Crippen LogP contribution in [0.3, 0.4) is 0 Å². The van der Waals surface area contributed by atoms with E-state index in [-0.39, 0.29) is 24.0 Å². The highest BCUT2D eigenvalue weighted by molar-refractivity contribution is 14.0. The zero-order valence-electron chi connectivity index (χ0n) is 17.5. The SMILES string of the molecule is CN=C(NCCCN1CCCN(C)CC1)N1CCN(c2ccccc2)CC1.I. The summed E-state index contributed by atoms with van der Waals surface area (Å²) in [7, 11) is 4.13. The number of hydrogen-bond acceptors (Lipinski definition) is 4. The molecule has 28 heavy (non-hydrogen) atoms. The van der Waals surface area contributed by atoms with Gasteiger partial charge in [0.25, 0.3) is 0 Å². The predicted molar refractivity (Wildman–Crippen MR) is 130 cm³/mol. The topological polar surface area (TPSA) is 37.4 Å². The van der Waals surface area contributed by atoms with Crippen molar-refractivity contribution in [2.24, 2.45) is 4.99 Å². The van der Waals surface area contributed by atoms with Gasteiger partial charge in [-0.2, -0.15) is 0 Å². The summed E-state index contributed by atoms with van der Waals surface area (Å²) in [6.07, 6.45) is 2.46. The third kappa shape index (κ3) is 7.08. The van der Waals surface area contributed by atoms with Crippen LogP contribution in [-0.2, 0) is 0 Å². The number of nitrogens with one attached hydrogen (secondary N) is 1. The predicted octanol–water partition coefficient (Wildman–Crippen LogP) is 2.03. The number of aliphatic imine (C=N–C) groups is 1. The number of anilines is 1. The second-order valence-electron chi connectivity index (χ2n) is 7.64. The molecule has 0 saturated carbocycles. The minimum absolute atomic E-state index is 0.